The molecule has 2 fully saturated rings. The minimum atomic E-state index is -4.37. The van der Waals surface area contributed by atoms with Crippen LogP contribution in [0.5, 0.6) is 0 Å². The second-order valence-electron chi connectivity index (χ2n) is 11.4. The molecule has 2 N–H and O–H groups in total. The van der Waals surface area contributed by atoms with Crippen molar-refractivity contribution >= 4 is 27.3 Å². The highest BCUT2D eigenvalue weighted by molar-refractivity contribution is 7.89. The van der Waals surface area contributed by atoms with Crippen LogP contribution in [-0.2, 0) is 16.4 Å². The van der Waals surface area contributed by atoms with E-state index in [1.54, 1.807) is 4.90 Å². The summed E-state index contributed by atoms with van der Waals surface area (Å²) in [6, 6.07) is 15.4. The maximum Gasteiger partial charge on any atom is 0.254 e. The molecule has 0 bridgehead atoms. The van der Waals surface area contributed by atoms with Crippen molar-refractivity contribution in [3.05, 3.63) is 88.0 Å². The van der Waals surface area contributed by atoms with Gasteiger partial charge in [0.1, 0.15) is 16.8 Å². The number of piperazine rings is 1. The van der Waals surface area contributed by atoms with E-state index in [4.69, 9.17) is 5.14 Å². The van der Waals surface area contributed by atoms with Crippen molar-refractivity contribution in [1.29, 1.82) is 5.26 Å². The second kappa shape index (κ2) is 12.3. The van der Waals surface area contributed by atoms with Gasteiger partial charge in [-0.15, -0.1) is 0 Å². The van der Waals surface area contributed by atoms with Crippen LogP contribution in [0.4, 0.5) is 20.2 Å². The highest BCUT2D eigenvalue weighted by atomic mass is 32.2. The number of carbonyl (C=O) groups excluding carboxylic acids is 1. The number of sulfonamides is 1. The Hall–Kier alpha value is -4.01. The lowest BCUT2D eigenvalue weighted by atomic mass is 9.86. The molecule has 0 unspecified atom stereocenters. The molecule has 0 saturated carbocycles. The Morgan fingerprint density at radius 3 is 2.28 bits per heavy atom. The van der Waals surface area contributed by atoms with E-state index in [2.05, 4.69) is 17.9 Å². The molecule has 0 aliphatic carbocycles. The highest BCUT2D eigenvalue weighted by Gasteiger charge is 2.30. The number of aryl methyl sites for hydroxylation is 2. The van der Waals surface area contributed by atoms with Gasteiger partial charge in [0.25, 0.3) is 5.91 Å². The molecular formula is C32H35F2N5O3S. The van der Waals surface area contributed by atoms with Crippen molar-refractivity contribution in [3.63, 3.8) is 0 Å². The number of para-hydroxylation sites is 1. The Balaban J connectivity index is 1.26. The van der Waals surface area contributed by atoms with E-state index in [-0.39, 0.29) is 37.8 Å². The lowest BCUT2D eigenvalue weighted by Crippen LogP contribution is -2.49. The smallest absolute Gasteiger partial charge is 0.254 e. The molecule has 0 aromatic heterocycles. The van der Waals surface area contributed by atoms with Crippen LogP contribution in [0.25, 0.3) is 0 Å². The van der Waals surface area contributed by atoms with E-state index in [1.165, 1.54) is 4.90 Å². The number of amides is 1. The van der Waals surface area contributed by atoms with Crippen LogP contribution < -0.4 is 14.9 Å². The highest BCUT2D eigenvalue weighted by Crippen LogP contribution is 2.32. The maximum atomic E-state index is 14.7. The summed E-state index contributed by atoms with van der Waals surface area (Å²) in [4.78, 5) is 18.5. The molecule has 5 rings (SSSR count). The Morgan fingerprint density at radius 1 is 0.953 bits per heavy atom. The fourth-order valence-electron chi connectivity index (χ4n) is 6.25. The third kappa shape index (κ3) is 6.50. The molecule has 8 nitrogen and oxygen atoms in total. The number of nitriles is 1. The molecule has 0 spiro atoms. The van der Waals surface area contributed by atoms with Crippen molar-refractivity contribution in [2.24, 2.45) is 11.1 Å². The average Bonchev–Trinajstić information content (AvgIpc) is 2.98. The van der Waals surface area contributed by atoms with Gasteiger partial charge in [0.2, 0.25) is 10.0 Å². The van der Waals surface area contributed by atoms with Crippen molar-refractivity contribution < 1.29 is 22.0 Å². The molecule has 2 aliphatic rings. The molecule has 0 atom stereocenters. The number of anilines is 2. The van der Waals surface area contributed by atoms with Crippen LogP contribution in [0.2, 0.25) is 0 Å². The number of carbonyl (C=O) groups is 1. The largest absolute Gasteiger partial charge is 0.370 e. The molecule has 3 aromatic rings. The molecule has 3 aromatic carbocycles. The van der Waals surface area contributed by atoms with Crippen molar-refractivity contribution in [1.82, 2.24) is 4.90 Å². The van der Waals surface area contributed by atoms with Crippen LogP contribution in [-0.4, -0.2) is 58.5 Å². The zero-order chi connectivity index (χ0) is 30.9. The van der Waals surface area contributed by atoms with Crippen LogP contribution in [0.1, 0.15) is 45.5 Å². The minimum Gasteiger partial charge on any atom is -0.370 e. The standard InChI is InChI=1S/C32H35F2N5O3S/c1-21-15-22(2)27(17-25(21)16-23-7-9-37(10-8-23)29-6-4-3-5-24(29)20-35)32(40)39-13-11-38(12-14-39)31-28(34)18-26(33)19-30(31)43(36,41)42/h3-6,15,17-19,23H,7-14,16H2,1-2H3,(H2,36,41,42). The SMILES string of the molecule is Cc1cc(C)c(C(=O)N2CCN(c3c(F)cc(F)cc3S(N)(=O)=O)CC2)cc1CC1CCN(c2ccccc2C#N)CC1. The topological polar surface area (TPSA) is 111 Å². The summed E-state index contributed by atoms with van der Waals surface area (Å²) in [5, 5.41) is 14.7. The maximum absolute atomic E-state index is 14.7. The number of hydrogen-bond acceptors (Lipinski definition) is 6. The molecule has 0 radical (unpaired) electrons. The van der Waals surface area contributed by atoms with Crippen molar-refractivity contribution in [2.45, 2.75) is 38.0 Å². The monoisotopic (exact) mass is 607 g/mol. The molecular weight excluding hydrogens is 572 g/mol. The Labute approximate surface area is 251 Å². The number of piperidine rings is 1. The van der Waals surface area contributed by atoms with Gasteiger partial charge < -0.3 is 14.7 Å². The van der Waals surface area contributed by atoms with Crippen LogP contribution in [0, 0.1) is 42.7 Å². The van der Waals surface area contributed by atoms with Crippen molar-refractivity contribution in [3.8, 4) is 6.07 Å². The van der Waals surface area contributed by atoms with Gasteiger partial charge in [0.15, 0.2) is 5.82 Å². The van der Waals surface area contributed by atoms with Crippen LogP contribution in [0.3, 0.4) is 0 Å². The predicted molar refractivity (Wildman–Crippen MR) is 162 cm³/mol. The van der Waals surface area contributed by atoms with Gasteiger partial charge in [-0.2, -0.15) is 5.26 Å². The number of nitrogens with zero attached hydrogens (tertiary/aromatic N) is 4. The van der Waals surface area contributed by atoms with Gasteiger partial charge in [0, 0.05) is 50.9 Å². The molecule has 2 aliphatic heterocycles. The first kappa shape index (κ1) is 30.4. The van der Waals surface area contributed by atoms with E-state index in [0.717, 1.165) is 60.8 Å². The summed E-state index contributed by atoms with van der Waals surface area (Å²) in [5.41, 5.74) is 5.16. The predicted octanol–water partition coefficient (Wildman–Crippen LogP) is 4.52. The Morgan fingerprint density at radius 2 is 1.63 bits per heavy atom. The molecule has 1 amide bonds. The lowest BCUT2D eigenvalue weighted by molar-refractivity contribution is 0.0745. The number of halogens is 2. The van der Waals surface area contributed by atoms with Gasteiger partial charge in [-0.05, 0) is 80.0 Å². The first-order valence-electron chi connectivity index (χ1n) is 14.4. The summed E-state index contributed by atoms with van der Waals surface area (Å²) in [7, 11) is -4.37. The molecule has 2 saturated heterocycles. The second-order valence-corrected chi connectivity index (χ2v) is 12.9. The van der Waals surface area contributed by atoms with E-state index >= 15 is 0 Å². The van der Waals surface area contributed by atoms with Crippen molar-refractivity contribution in [2.75, 3.05) is 49.1 Å². The van der Waals surface area contributed by atoms with Gasteiger partial charge in [0.05, 0.1) is 16.9 Å². The zero-order valence-corrected chi connectivity index (χ0v) is 25.1. The fraction of sp³-hybridized carbons (Fsp3) is 0.375. The van der Waals surface area contributed by atoms with Crippen LogP contribution in [0.15, 0.2) is 53.4 Å². The number of hydrogen-bond donors (Lipinski definition) is 1. The molecule has 2 heterocycles. The summed E-state index contributed by atoms with van der Waals surface area (Å²) in [6.45, 7) is 6.53. The number of primary sulfonamides is 1. The molecule has 43 heavy (non-hydrogen) atoms. The normalized spacial score (nSPS) is 16.3. The van der Waals surface area contributed by atoms with Gasteiger partial charge in [-0.25, -0.2) is 22.3 Å². The number of nitrogens with two attached hydrogens (primary N) is 1. The summed E-state index contributed by atoms with van der Waals surface area (Å²) < 4.78 is 52.6. The van der Waals surface area contributed by atoms with Gasteiger partial charge in [-0.1, -0.05) is 18.2 Å². The van der Waals surface area contributed by atoms with E-state index in [9.17, 15) is 27.3 Å². The summed E-state index contributed by atoms with van der Waals surface area (Å²) >= 11 is 0. The minimum absolute atomic E-state index is 0.132. The van der Waals surface area contributed by atoms with E-state index < -0.39 is 26.6 Å². The zero-order valence-electron chi connectivity index (χ0n) is 24.3. The quantitative estimate of drug-likeness (QED) is 0.441. The van der Waals surface area contributed by atoms with E-state index in [1.807, 2.05) is 43.3 Å². The summed E-state index contributed by atoms with van der Waals surface area (Å²) in [5.74, 6) is -1.72. The number of benzene rings is 3. The third-order valence-corrected chi connectivity index (χ3v) is 9.51. The molecule has 226 valence electrons. The summed E-state index contributed by atoms with van der Waals surface area (Å²) in [6.07, 6.45) is 2.83. The third-order valence-electron chi connectivity index (χ3n) is 8.58. The fourth-order valence-corrected chi connectivity index (χ4v) is 7.02. The van der Waals surface area contributed by atoms with Gasteiger partial charge >= 0.3 is 0 Å². The van der Waals surface area contributed by atoms with Gasteiger partial charge in [-0.3, -0.25) is 4.79 Å². The first-order valence-corrected chi connectivity index (χ1v) is 15.9. The Kier molecular flexibility index (Phi) is 8.71. The molecule has 11 heteroatoms. The lowest BCUT2D eigenvalue weighted by Gasteiger charge is -2.37. The van der Waals surface area contributed by atoms with E-state index in [0.29, 0.717) is 23.1 Å². The van der Waals surface area contributed by atoms with Crippen LogP contribution >= 0.6 is 0 Å². The number of rotatable bonds is 6. The Bertz CT molecular complexity index is 1690. The average molecular weight is 608 g/mol. The first-order chi connectivity index (χ1) is 20.5.